The third kappa shape index (κ3) is 7.06. The average Bonchev–Trinajstić information content (AvgIpc) is 2.92. The first-order valence-corrected chi connectivity index (χ1v) is 13.1. The highest BCUT2D eigenvalue weighted by Crippen LogP contribution is 2.38. The van der Waals surface area contributed by atoms with Crippen molar-refractivity contribution in [3.8, 4) is 0 Å². The van der Waals surface area contributed by atoms with Gasteiger partial charge in [-0.1, -0.05) is 36.8 Å². The van der Waals surface area contributed by atoms with Crippen molar-refractivity contribution >= 4 is 11.9 Å². The zero-order valence-electron chi connectivity index (χ0n) is 21.2. The van der Waals surface area contributed by atoms with Crippen molar-refractivity contribution in [2.75, 3.05) is 32.8 Å². The topological polar surface area (TPSA) is 123 Å². The monoisotopic (exact) mass is 511 g/mol. The number of piperidine rings is 1. The van der Waals surface area contributed by atoms with Crippen LogP contribution in [-0.4, -0.2) is 81.9 Å². The van der Waals surface area contributed by atoms with E-state index in [2.05, 4.69) is 22.0 Å². The molecule has 9 heteroatoms. The SMILES string of the molecule is O=C(c1cc[nH]c(=O)c1)N1CCCCC2(CCN(Cc3ccccc3)CC2)C(=O)OC[C@@H](O)[C@@H](O)CC1. The van der Waals surface area contributed by atoms with Crippen LogP contribution in [0.5, 0.6) is 0 Å². The Kier molecular flexibility index (Phi) is 9.13. The maximum atomic E-state index is 13.3. The first-order valence-electron chi connectivity index (χ1n) is 13.1. The van der Waals surface area contributed by atoms with Crippen molar-refractivity contribution in [1.29, 1.82) is 0 Å². The Morgan fingerprint density at radius 3 is 2.46 bits per heavy atom. The summed E-state index contributed by atoms with van der Waals surface area (Å²) in [7, 11) is 0. The van der Waals surface area contributed by atoms with Gasteiger partial charge in [0.05, 0.1) is 11.5 Å². The van der Waals surface area contributed by atoms with Crippen molar-refractivity contribution in [1.82, 2.24) is 14.8 Å². The Balaban J connectivity index is 1.44. The number of benzene rings is 1. The molecule has 200 valence electrons. The molecule has 2 aliphatic heterocycles. The minimum absolute atomic E-state index is 0.132. The van der Waals surface area contributed by atoms with E-state index in [0.29, 0.717) is 32.2 Å². The summed E-state index contributed by atoms with van der Waals surface area (Å²) >= 11 is 0. The molecule has 0 radical (unpaired) electrons. The smallest absolute Gasteiger partial charge is 0.312 e. The van der Waals surface area contributed by atoms with E-state index in [1.807, 2.05) is 18.2 Å². The van der Waals surface area contributed by atoms with E-state index in [9.17, 15) is 24.6 Å². The van der Waals surface area contributed by atoms with Crippen LogP contribution in [0.15, 0.2) is 53.5 Å². The van der Waals surface area contributed by atoms with Crippen LogP contribution in [0.2, 0.25) is 0 Å². The molecule has 1 aromatic carbocycles. The van der Waals surface area contributed by atoms with E-state index >= 15 is 0 Å². The molecule has 1 spiro atoms. The predicted octanol–water partition coefficient (Wildman–Crippen LogP) is 1.94. The van der Waals surface area contributed by atoms with Crippen LogP contribution in [0.1, 0.15) is 54.4 Å². The lowest BCUT2D eigenvalue weighted by Crippen LogP contribution is -2.45. The number of aliphatic hydroxyl groups excluding tert-OH is 2. The van der Waals surface area contributed by atoms with Gasteiger partial charge < -0.3 is 24.8 Å². The molecule has 0 saturated carbocycles. The number of ether oxygens (including phenoxy) is 1. The van der Waals surface area contributed by atoms with Crippen molar-refractivity contribution in [3.05, 3.63) is 70.1 Å². The minimum Gasteiger partial charge on any atom is -0.462 e. The molecule has 2 saturated heterocycles. The summed E-state index contributed by atoms with van der Waals surface area (Å²) in [5.41, 5.74) is 0.512. The summed E-state index contributed by atoms with van der Waals surface area (Å²) in [6.45, 7) is 2.73. The van der Waals surface area contributed by atoms with Gasteiger partial charge in [-0.05, 0) is 56.8 Å². The lowest BCUT2D eigenvalue weighted by molar-refractivity contribution is -0.165. The van der Waals surface area contributed by atoms with Crippen molar-refractivity contribution in [2.24, 2.45) is 5.41 Å². The molecule has 0 unspecified atom stereocenters. The molecule has 2 aromatic rings. The summed E-state index contributed by atoms with van der Waals surface area (Å²) in [5.74, 6) is -0.604. The number of rotatable bonds is 3. The highest BCUT2D eigenvalue weighted by Gasteiger charge is 2.42. The second-order valence-electron chi connectivity index (χ2n) is 10.3. The van der Waals surface area contributed by atoms with Gasteiger partial charge in [0.15, 0.2) is 0 Å². The van der Waals surface area contributed by atoms with Crippen LogP contribution in [0.25, 0.3) is 0 Å². The Labute approximate surface area is 217 Å². The first kappa shape index (κ1) is 27.0. The van der Waals surface area contributed by atoms with E-state index in [1.54, 1.807) is 11.0 Å². The summed E-state index contributed by atoms with van der Waals surface area (Å²) < 4.78 is 5.56. The largest absolute Gasteiger partial charge is 0.462 e. The summed E-state index contributed by atoms with van der Waals surface area (Å²) in [6, 6.07) is 13.1. The molecule has 0 aliphatic carbocycles. The van der Waals surface area contributed by atoms with Crippen LogP contribution in [0, 0.1) is 5.41 Å². The van der Waals surface area contributed by atoms with E-state index in [-0.39, 0.29) is 42.6 Å². The Morgan fingerprint density at radius 1 is 0.973 bits per heavy atom. The lowest BCUT2D eigenvalue weighted by atomic mass is 9.74. The summed E-state index contributed by atoms with van der Waals surface area (Å²) in [5, 5.41) is 20.9. The Hall–Kier alpha value is -3.01. The number of pyridine rings is 1. The number of aromatic amines is 1. The molecule has 2 atom stereocenters. The fourth-order valence-electron chi connectivity index (χ4n) is 5.28. The molecule has 3 N–H and O–H groups in total. The van der Waals surface area contributed by atoms with E-state index < -0.39 is 17.6 Å². The van der Waals surface area contributed by atoms with Gasteiger partial charge in [-0.3, -0.25) is 19.3 Å². The third-order valence-corrected chi connectivity index (χ3v) is 7.66. The minimum atomic E-state index is -1.24. The number of hydrogen-bond donors (Lipinski definition) is 3. The molecule has 2 aliphatic rings. The molecular formula is C28H37N3O6. The molecule has 4 rings (SSSR count). The number of H-pyrrole nitrogens is 1. The fraction of sp³-hybridized carbons (Fsp3) is 0.536. The fourth-order valence-corrected chi connectivity index (χ4v) is 5.28. The highest BCUT2D eigenvalue weighted by molar-refractivity contribution is 5.94. The number of amides is 1. The standard InChI is InChI=1S/C28H37N3O6/c32-23-9-15-31(26(35)22-8-13-29-25(34)18-22)14-5-4-10-28(27(36)37-20-24(23)33)11-16-30(17-12-28)19-21-6-2-1-3-7-21/h1-3,6-8,13,18,23-24,32-33H,4-5,9-12,14-17,19-20H2,(H,29,34)/t23-,24+/m0/s1. The molecular weight excluding hydrogens is 474 g/mol. The predicted molar refractivity (Wildman–Crippen MR) is 138 cm³/mol. The first-order chi connectivity index (χ1) is 17.9. The number of hydrogen-bond acceptors (Lipinski definition) is 7. The van der Waals surface area contributed by atoms with Crippen LogP contribution in [-0.2, 0) is 16.1 Å². The van der Waals surface area contributed by atoms with E-state index in [1.165, 1.54) is 17.8 Å². The van der Waals surface area contributed by atoms with Crippen LogP contribution in [0.3, 0.4) is 0 Å². The average molecular weight is 512 g/mol. The van der Waals surface area contributed by atoms with Crippen LogP contribution < -0.4 is 5.56 Å². The maximum Gasteiger partial charge on any atom is 0.312 e. The second-order valence-corrected chi connectivity index (χ2v) is 10.3. The van der Waals surface area contributed by atoms with Gasteiger partial charge in [-0.2, -0.15) is 0 Å². The number of nitrogens with one attached hydrogen (secondary N) is 1. The molecule has 37 heavy (non-hydrogen) atoms. The van der Waals surface area contributed by atoms with Gasteiger partial charge in [-0.15, -0.1) is 0 Å². The number of aromatic nitrogens is 1. The van der Waals surface area contributed by atoms with Gasteiger partial charge in [0.2, 0.25) is 5.56 Å². The van der Waals surface area contributed by atoms with Crippen molar-refractivity contribution in [3.63, 3.8) is 0 Å². The molecule has 1 aromatic heterocycles. The number of likely N-dealkylation sites (tertiary alicyclic amines) is 1. The normalized spacial score (nSPS) is 23.9. The number of esters is 1. The number of carbonyl (C=O) groups excluding carboxylic acids is 2. The van der Waals surface area contributed by atoms with Crippen LogP contribution >= 0.6 is 0 Å². The van der Waals surface area contributed by atoms with E-state index in [4.69, 9.17) is 4.74 Å². The molecule has 9 nitrogen and oxygen atoms in total. The molecule has 3 heterocycles. The van der Waals surface area contributed by atoms with Crippen molar-refractivity contribution in [2.45, 2.75) is 57.3 Å². The zero-order chi connectivity index (χ0) is 26.3. The molecule has 2 fully saturated rings. The third-order valence-electron chi connectivity index (χ3n) is 7.66. The lowest BCUT2D eigenvalue weighted by Gasteiger charge is -2.40. The van der Waals surface area contributed by atoms with Gasteiger partial charge >= 0.3 is 5.97 Å². The molecule has 1 amide bonds. The Bertz CT molecular complexity index is 1100. The Morgan fingerprint density at radius 2 is 1.73 bits per heavy atom. The van der Waals surface area contributed by atoms with Gasteiger partial charge in [-0.25, -0.2) is 0 Å². The van der Waals surface area contributed by atoms with Gasteiger partial charge in [0.1, 0.15) is 12.7 Å². The quantitative estimate of drug-likeness (QED) is 0.538. The second kappa shape index (κ2) is 12.5. The number of aliphatic hydroxyl groups is 2. The van der Waals surface area contributed by atoms with E-state index in [0.717, 1.165) is 26.1 Å². The zero-order valence-corrected chi connectivity index (χ0v) is 21.2. The molecule has 0 bridgehead atoms. The number of carbonyl (C=O) groups is 2. The number of nitrogens with zero attached hydrogens (tertiary/aromatic N) is 2. The maximum absolute atomic E-state index is 13.3. The van der Waals surface area contributed by atoms with Gasteiger partial charge in [0, 0.05) is 37.5 Å². The summed E-state index contributed by atoms with van der Waals surface area (Å²) in [6.07, 6.45) is 2.55. The summed E-state index contributed by atoms with van der Waals surface area (Å²) in [4.78, 5) is 44.5. The highest BCUT2D eigenvalue weighted by atomic mass is 16.5. The van der Waals surface area contributed by atoms with Gasteiger partial charge in [0.25, 0.3) is 5.91 Å². The van der Waals surface area contributed by atoms with Crippen molar-refractivity contribution < 1.29 is 24.5 Å². The van der Waals surface area contributed by atoms with Crippen LogP contribution in [0.4, 0.5) is 0 Å². The number of cyclic esters (lactones) is 1.